The minimum atomic E-state index is -3.60. The molecule has 3 heterocycles. The first-order valence-corrected chi connectivity index (χ1v) is 10.9. The summed E-state index contributed by atoms with van der Waals surface area (Å²) in [7, 11) is 0.0621. The standard InChI is InChI=1S/C17H24ClN5O2S/c1-21-16(13-5-3-4-6-14(13)20-21)12-7-9-23(10-8-12)26(24,25)15-11-19-22(2)17(15)18/h11-12H,3-10H2,1-2H3. The van der Waals surface area contributed by atoms with Gasteiger partial charge in [-0.15, -0.1) is 0 Å². The molecule has 2 aromatic rings. The Kier molecular flexibility index (Phi) is 4.61. The number of nitrogens with zero attached hydrogens (tertiary/aromatic N) is 5. The van der Waals surface area contributed by atoms with Gasteiger partial charge in [0.2, 0.25) is 10.0 Å². The molecule has 0 bridgehead atoms. The topological polar surface area (TPSA) is 73.0 Å². The molecule has 0 atom stereocenters. The van der Waals surface area contributed by atoms with E-state index < -0.39 is 10.0 Å². The van der Waals surface area contributed by atoms with Crippen LogP contribution in [0.1, 0.15) is 48.6 Å². The number of rotatable bonds is 3. The molecule has 4 rings (SSSR count). The fourth-order valence-electron chi connectivity index (χ4n) is 4.30. The summed E-state index contributed by atoms with van der Waals surface area (Å²) in [6.07, 6.45) is 7.55. The average Bonchev–Trinajstić information content (AvgIpc) is 3.14. The van der Waals surface area contributed by atoms with Gasteiger partial charge >= 0.3 is 0 Å². The lowest BCUT2D eigenvalue weighted by atomic mass is 9.87. The predicted molar refractivity (Wildman–Crippen MR) is 98.8 cm³/mol. The highest BCUT2D eigenvalue weighted by Crippen LogP contribution is 2.36. The maximum absolute atomic E-state index is 12.9. The summed E-state index contributed by atoms with van der Waals surface area (Å²) in [4.78, 5) is 0.0954. The van der Waals surface area contributed by atoms with Crippen molar-refractivity contribution in [2.45, 2.75) is 49.3 Å². The molecule has 0 saturated carbocycles. The normalized spacial score (nSPS) is 19.7. The fraction of sp³-hybridized carbons (Fsp3) is 0.647. The van der Waals surface area contributed by atoms with Gasteiger partial charge in [0.25, 0.3) is 0 Å². The number of sulfonamides is 1. The van der Waals surface area contributed by atoms with Crippen LogP contribution in [0.4, 0.5) is 0 Å². The van der Waals surface area contributed by atoms with E-state index in [1.807, 2.05) is 11.7 Å². The number of aromatic nitrogens is 4. The SMILES string of the molecule is Cn1ncc(S(=O)(=O)N2CCC(c3c4c(nn3C)CCCC4)CC2)c1Cl. The van der Waals surface area contributed by atoms with Gasteiger partial charge in [-0.05, 0) is 44.1 Å². The van der Waals surface area contributed by atoms with Gasteiger partial charge < -0.3 is 0 Å². The molecule has 0 amide bonds. The van der Waals surface area contributed by atoms with Crippen molar-refractivity contribution in [1.29, 1.82) is 0 Å². The van der Waals surface area contributed by atoms with E-state index in [1.54, 1.807) is 7.05 Å². The van der Waals surface area contributed by atoms with Crippen LogP contribution >= 0.6 is 11.6 Å². The smallest absolute Gasteiger partial charge is 0.247 e. The number of hydrogen-bond donors (Lipinski definition) is 0. The van der Waals surface area contributed by atoms with Crippen LogP contribution in [0.5, 0.6) is 0 Å². The molecule has 1 aliphatic heterocycles. The van der Waals surface area contributed by atoms with E-state index in [2.05, 4.69) is 5.10 Å². The minimum Gasteiger partial charge on any atom is -0.272 e. The van der Waals surface area contributed by atoms with Crippen molar-refractivity contribution >= 4 is 21.6 Å². The fourth-order valence-corrected chi connectivity index (χ4v) is 6.18. The molecule has 0 radical (unpaired) electrons. The van der Waals surface area contributed by atoms with E-state index in [-0.39, 0.29) is 10.0 Å². The van der Waals surface area contributed by atoms with Crippen LogP contribution in [-0.2, 0) is 37.0 Å². The zero-order valence-corrected chi connectivity index (χ0v) is 16.7. The van der Waals surface area contributed by atoms with Crippen LogP contribution < -0.4 is 0 Å². The lowest BCUT2D eigenvalue weighted by molar-refractivity contribution is 0.312. The molecule has 0 spiro atoms. The van der Waals surface area contributed by atoms with Crippen molar-refractivity contribution < 1.29 is 8.42 Å². The molecule has 7 nitrogen and oxygen atoms in total. The van der Waals surface area contributed by atoms with Gasteiger partial charge in [0, 0.05) is 38.8 Å². The first-order chi connectivity index (χ1) is 12.4. The van der Waals surface area contributed by atoms with Crippen LogP contribution in [0, 0.1) is 0 Å². The molecule has 0 aromatic carbocycles. The first-order valence-electron chi connectivity index (χ1n) is 9.12. The van der Waals surface area contributed by atoms with Gasteiger partial charge in [-0.25, -0.2) is 8.42 Å². The van der Waals surface area contributed by atoms with E-state index in [0.29, 0.717) is 19.0 Å². The molecule has 1 aliphatic carbocycles. The summed E-state index contributed by atoms with van der Waals surface area (Å²) in [5.74, 6) is 0.366. The van der Waals surface area contributed by atoms with Crippen molar-refractivity contribution in [1.82, 2.24) is 23.9 Å². The summed E-state index contributed by atoms with van der Waals surface area (Å²) in [6, 6.07) is 0. The Morgan fingerprint density at radius 2 is 1.81 bits per heavy atom. The number of aryl methyl sites for hydroxylation is 3. The summed E-state index contributed by atoms with van der Waals surface area (Å²) >= 11 is 6.11. The third kappa shape index (κ3) is 2.88. The average molecular weight is 398 g/mol. The predicted octanol–water partition coefficient (Wildman–Crippen LogP) is 2.25. The van der Waals surface area contributed by atoms with Gasteiger partial charge in [0.15, 0.2) is 0 Å². The van der Waals surface area contributed by atoms with Crippen LogP contribution in [-0.4, -0.2) is 45.4 Å². The third-order valence-electron chi connectivity index (χ3n) is 5.66. The molecular weight excluding hydrogens is 374 g/mol. The summed E-state index contributed by atoms with van der Waals surface area (Å²) in [5, 5.41) is 8.83. The lowest BCUT2D eigenvalue weighted by Gasteiger charge is -2.31. The Hall–Kier alpha value is -1.38. The van der Waals surface area contributed by atoms with E-state index >= 15 is 0 Å². The quantitative estimate of drug-likeness (QED) is 0.796. The molecule has 1 saturated heterocycles. The van der Waals surface area contributed by atoms with Gasteiger partial charge in [0.1, 0.15) is 10.0 Å². The van der Waals surface area contributed by atoms with Crippen molar-refractivity contribution in [3.8, 4) is 0 Å². The number of halogens is 1. The zero-order valence-electron chi connectivity index (χ0n) is 15.2. The van der Waals surface area contributed by atoms with Crippen molar-refractivity contribution in [3.05, 3.63) is 28.3 Å². The Morgan fingerprint density at radius 1 is 1.12 bits per heavy atom. The maximum atomic E-state index is 12.9. The van der Waals surface area contributed by atoms with E-state index in [1.165, 1.54) is 45.0 Å². The maximum Gasteiger partial charge on any atom is 0.247 e. The van der Waals surface area contributed by atoms with Crippen molar-refractivity contribution in [3.63, 3.8) is 0 Å². The molecule has 1 fully saturated rings. The van der Waals surface area contributed by atoms with Crippen molar-refractivity contribution in [2.75, 3.05) is 13.1 Å². The van der Waals surface area contributed by atoms with E-state index in [0.717, 1.165) is 25.7 Å². The summed E-state index contributed by atoms with van der Waals surface area (Å²) in [5.41, 5.74) is 3.97. The molecule has 2 aliphatic rings. The highest BCUT2D eigenvalue weighted by molar-refractivity contribution is 7.89. The van der Waals surface area contributed by atoms with Crippen LogP contribution in [0.3, 0.4) is 0 Å². The number of hydrogen-bond acceptors (Lipinski definition) is 4. The summed E-state index contributed by atoms with van der Waals surface area (Å²) in [6.45, 7) is 0.996. The minimum absolute atomic E-state index is 0.0954. The molecule has 9 heteroatoms. The van der Waals surface area contributed by atoms with Crippen LogP contribution in [0.25, 0.3) is 0 Å². The van der Waals surface area contributed by atoms with Crippen LogP contribution in [0.2, 0.25) is 5.15 Å². The molecule has 0 N–H and O–H groups in total. The Balaban J connectivity index is 1.53. The van der Waals surface area contributed by atoms with E-state index in [9.17, 15) is 8.42 Å². The molecule has 0 unspecified atom stereocenters. The van der Waals surface area contributed by atoms with Gasteiger partial charge in [-0.3, -0.25) is 9.36 Å². The van der Waals surface area contributed by atoms with Crippen LogP contribution in [0.15, 0.2) is 11.1 Å². The number of fused-ring (bicyclic) bond motifs is 1. The second-order valence-electron chi connectivity index (χ2n) is 7.24. The monoisotopic (exact) mass is 397 g/mol. The molecule has 26 heavy (non-hydrogen) atoms. The molecule has 2 aromatic heterocycles. The first kappa shape index (κ1) is 18.0. The zero-order chi connectivity index (χ0) is 18.5. The molecule has 142 valence electrons. The van der Waals surface area contributed by atoms with Crippen molar-refractivity contribution in [2.24, 2.45) is 14.1 Å². The summed E-state index contributed by atoms with van der Waals surface area (Å²) < 4.78 is 30.7. The largest absolute Gasteiger partial charge is 0.272 e. The Labute approximate surface area is 159 Å². The van der Waals surface area contributed by atoms with Gasteiger partial charge in [-0.1, -0.05) is 11.6 Å². The second-order valence-corrected chi connectivity index (χ2v) is 9.51. The molecular formula is C17H24ClN5O2S. The lowest BCUT2D eigenvalue weighted by Crippen LogP contribution is -2.38. The second kappa shape index (κ2) is 6.65. The van der Waals surface area contributed by atoms with Gasteiger partial charge in [-0.2, -0.15) is 14.5 Å². The van der Waals surface area contributed by atoms with E-state index in [4.69, 9.17) is 16.7 Å². The van der Waals surface area contributed by atoms with Gasteiger partial charge in [0.05, 0.1) is 11.9 Å². The Morgan fingerprint density at radius 3 is 2.46 bits per heavy atom. The third-order valence-corrected chi connectivity index (χ3v) is 8.12. The Bertz CT molecular complexity index is 925. The highest BCUT2D eigenvalue weighted by Gasteiger charge is 2.35. The number of piperidine rings is 1. The highest BCUT2D eigenvalue weighted by atomic mass is 35.5.